The van der Waals surface area contributed by atoms with Crippen LogP contribution in [-0.2, 0) is 21.2 Å². The normalized spacial score (nSPS) is 12.6. The molecule has 2 aromatic carbocycles. The lowest BCUT2D eigenvalue weighted by Gasteiger charge is -2.14. The summed E-state index contributed by atoms with van der Waals surface area (Å²) in [6.07, 6.45) is 0.687. The second-order valence-corrected chi connectivity index (χ2v) is 7.38. The maximum absolute atomic E-state index is 11.9. The van der Waals surface area contributed by atoms with Gasteiger partial charge in [0.05, 0.1) is 17.5 Å². The molecule has 0 saturated carbocycles. The molecule has 2 aromatic rings. The highest BCUT2D eigenvalue weighted by Crippen LogP contribution is 2.11. The van der Waals surface area contributed by atoms with E-state index in [1.54, 1.807) is 12.1 Å². The molecule has 0 aliphatic heterocycles. The molecule has 25 heavy (non-hydrogen) atoms. The van der Waals surface area contributed by atoms with Gasteiger partial charge in [-0.25, -0.2) is 13.6 Å². The fourth-order valence-electron chi connectivity index (χ4n) is 2.40. The van der Waals surface area contributed by atoms with Crippen LogP contribution in [0.5, 0.6) is 0 Å². The predicted octanol–water partition coefficient (Wildman–Crippen LogP) is 1.34. The van der Waals surface area contributed by atoms with Crippen molar-refractivity contribution in [2.75, 3.05) is 13.1 Å². The van der Waals surface area contributed by atoms with Crippen LogP contribution in [0.4, 0.5) is 0 Å². The van der Waals surface area contributed by atoms with Crippen LogP contribution in [0.2, 0.25) is 0 Å². The lowest BCUT2D eigenvalue weighted by molar-refractivity contribution is -0.120. The molecule has 1 unspecified atom stereocenters. The number of carbonyl (C=O) groups is 1. The number of sulfonamides is 1. The monoisotopic (exact) mass is 361 g/mol. The number of nitrogens with one attached hydrogen (secondary N) is 2. The minimum atomic E-state index is -3.66. The van der Waals surface area contributed by atoms with E-state index in [4.69, 9.17) is 5.14 Å². The molecule has 1 atom stereocenters. The Kier molecular flexibility index (Phi) is 6.69. The van der Waals surface area contributed by atoms with Crippen LogP contribution in [0.15, 0.2) is 59.5 Å². The number of hydrogen-bond acceptors (Lipinski definition) is 4. The molecule has 6 nitrogen and oxygen atoms in total. The van der Waals surface area contributed by atoms with Gasteiger partial charge in [0.1, 0.15) is 0 Å². The summed E-state index contributed by atoms with van der Waals surface area (Å²) in [7, 11) is -3.66. The summed E-state index contributed by atoms with van der Waals surface area (Å²) in [6.45, 7) is 2.79. The van der Waals surface area contributed by atoms with Gasteiger partial charge in [0.15, 0.2) is 0 Å². The Morgan fingerprint density at radius 1 is 1.08 bits per heavy atom. The molecule has 0 saturated heterocycles. The molecule has 0 aromatic heterocycles. The fraction of sp³-hybridized carbons (Fsp3) is 0.278. The lowest BCUT2D eigenvalue weighted by Crippen LogP contribution is -2.36. The minimum Gasteiger partial charge on any atom is -0.348 e. The summed E-state index contributed by atoms with van der Waals surface area (Å²) in [4.78, 5) is 12.0. The van der Waals surface area contributed by atoms with E-state index in [1.807, 2.05) is 37.3 Å². The molecule has 0 bridgehead atoms. The first kappa shape index (κ1) is 19.1. The average molecular weight is 361 g/mol. The van der Waals surface area contributed by atoms with Crippen molar-refractivity contribution in [1.82, 2.24) is 10.6 Å². The first-order valence-corrected chi connectivity index (χ1v) is 9.57. The van der Waals surface area contributed by atoms with Crippen LogP contribution in [0.3, 0.4) is 0 Å². The average Bonchev–Trinajstić information content (AvgIpc) is 2.59. The summed E-state index contributed by atoms with van der Waals surface area (Å²) < 4.78 is 22.4. The van der Waals surface area contributed by atoms with Gasteiger partial charge in [0.25, 0.3) is 0 Å². The molecule has 2 rings (SSSR count). The van der Waals surface area contributed by atoms with Crippen molar-refractivity contribution < 1.29 is 13.2 Å². The number of nitrogens with two attached hydrogens (primary N) is 1. The van der Waals surface area contributed by atoms with Gasteiger partial charge in [-0.3, -0.25) is 4.79 Å². The molecule has 0 aliphatic carbocycles. The van der Waals surface area contributed by atoms with Crippen LogP contribution < -0.4 is 15.8 Å². The van der Waals surface area contributed by atoms with E-state index in [2.05, 4.69) is 10.6 Å². The molecule has 4 N–H and O–H groups in total. The first-order chi connectivity index (χ1) is 11.9. The molecule has 1 amide bonds. The van der Waals surface area contributed by atoms with Gasteiger partial charge < -0.3 is 10.6 Å². The van der Waals surface area contributed by atoms with Crippen molar-refractivity contribution in [2.45, 2.75) is 24.3 Å². The van der Waals surface area contributed by atoms with Crippen molar-refractivity contribution in [2.24, 2.45) is 5.14 Å². The van der Waals surface area contributed by atoms with Crippen LogP contribution in [0.25, 0.3) is 0 Å². The number of amides is 1. The molecular formula is C18H23N3O3S. The Balaban J connectivity index is 1.71. The van der Waals surface area contributed by atoms with Gasteiger partial charge in [0.2, 0.25) is 15.9 Å². The van der Waals surface area contributed by atoms with Crippen LogP contribution in [0, 0.1) is 0 Å². The van der Waals surface area contributed by atoms with Crippen molar-refractivity contribution >= 4 is 15.9 Å². The molecule has 0 spiro atoms. The number of benzene rings is 2. The molecule has 0 fully saturated rings. The van der Waals surface area contributed by atoms with Gasteiger partial charge >= 0.3 is 0 Å². The molecule has 0 aliphatic rings. The van der Waals surface area contributed by atoms with Crippen molar-refractivity contribution in [3.05, 3.63) is 65.7 Å². The highest BCUT2D eigenvalue weighted by Gasteiger charge is 2.09. The van der Waals surface area contributed by atoms with Crippen molar-refractivity contribution in [3.8, 4) is 0 Å². The van der Waals surface area contributed by atoms with Crippen LogP contribution in [-0.4, -0.2) is 27.4 Å². The predicted molar refractivity (Wildman–Crippen MR) is 97.4 cm³/mol. The van der Waals surface area contributed by atoms with Gasteiger partial charge in [0, 0.05) is 0 Å². The topological polar surface area (TPSA) is 101 Å². The van der Waals surface area contributed by atoms with Crippen LogP contribution in [0.1, 0.15) is 24.1 Å². The maximum Gasteiger partial charge on any atom is 0.238 e. The first-order valence-electron chi connectivity index (χ1n) is 8.03. The Hall–Kier alpha value is -2.22. The zero-order valence-corrected chi connectivity index (χ0v) is 14.9. The van der Waals surface area contributed by atoms with Gasteiger partial charge in [-0.1, -0.05) is 42.5 Å². The second kappa shape index (κ2) is 8.75. The van der Waals surface area contributed by atoms with Gasteiger partial charge in [-0.2, -0.15) is 0 Å². The van der Waals surface area contributed by atoms with Crippen LogP contribution >= 0.6 is 0 Å². The van der Waals surface area contributed by atoms with E-state index in [1.165, 1.54) is 12.1 Å². The summed E-state index contributed by atoms with van der Waals surface area (Å²) in [5.41, 5.74) is 2.03. The lowest BCUT2D eigenvalue weighted by atomic mass is 10.1. The second-order valence-electron chi connectivity index (χ2n) is 5.82. The zero-order chi connectivity index (χ0) is 18.3. The molecule has 134 valence electrons. The molecular weight excluding hydrogens is 338 g/mol. The number of hydrogen-bond donors (Lipinski definition) is 3. The molecule has 0 radical (unpaired) electrons. The Labute approximate surface area is 148 Å². The number of rotatable bonds is 8. The molecule has 7 heteroatoms. The smallest absolute Gasteiger partial charge is 0.238 e. The fourth-order valence-corrected chi connectivity index (χ4v) is 2.91. The summed E-state index contributed by atoms with van der Waals surface area (Å²) in [6, 6.07) is 16.1. The highest BCUT2D eigenvalue weighted by atomic mass is 32.2. The van der Waals surface area contributed by atoms with Gasteiger partial charge in [-0.15, -0.1) is 0 Å². The minimum absolute atomic E-state index is 0.0405. The van der Waals surface area contributed by atoms with E-state index in [9.17, 15) is 13.2 Å². The Bertz CT molecular complexity index is 790. The number of primary sulfonamides is 1. The summed E-state index contributed by atoms with van der Waals surface area (Å²) in [5.74, 6) is -0.0686. The van der Waals surface area contributed by atoms with E-state index in [-0.39, 0.29) is 23.4 Å². The largest absolute Gasteiger partial charge is 0.348 e. The summed E-state index contributed by atoms with van der Waals surface area (Å²) in [5, 5.41) is 11.1. The summed E-state index contributed by atoms with van der Waals surface area (Å²) >= 11 is 0. The number of carbonyl (C=O) groups excluding carboxylic acids is 1. The quantitative estimate of drug-likeness (QED) is 0.618. The SMILES string of the molecule is CC(NC(=O)CNCCc1ccc(S(N)(=O)=O)cc1)c1ccccc1. The molecule has 0 heterocycles. The van der Waals surface area contributed by atoms with Crippen molar-refractivity contribution in [3.63, 3.8) is 0 Å². The third-order valence-corrected chi connectivity index (χ3v) is 4.73. The third kappa shape index (κ3) is 6.30. The highest BCUT2D eigenvalue weighted by molar-refractivity contribution is 7.89. The third-order valence-electron chi connectivity index (χ3n) is 3.80. The van der Waals surface area contributed by atoms with E-state index in [0.717, 1.165) is 11.1 Å². The van der Waals surface area contributed by atoms with Gasteiger partial charge in [-0.05, 0) is 43.1 Å². The van der Waals surface area contributed by atoms with E-state index >= 15 is 0 Å². The maximum atomic E-state index is 11.9. The Morgan fingerprint density at radius 3 is 2.32 bits per heavy atom. The Morgan fingerprint density at radius 2 is 1.72 bits per heavy atom. The van der Waals surface area contributed by atoms with Crippen molar-refractivity contribution in [1.29, 1.82) is 0 Å². The van der Waals surface area contributed by atoms with E-state index in [0.29, 0.717) is 13.0 Å². The standard InChI is InChI=1S/C18H23N3O3S/c1-14(16-5-3-2-4-6-16)21-18(22)13-20-12-11-15-7-9-17(10-8-15)25(19,23)24/h2-10,14,20H,11-13H2,1H3,(H,21,22)(H2,19,23,24). The zero-order valence-electron chi connectivity index (χ0n) is 14.1. The van der Waals surface area contributed by atoms with E-state index < -0.39 is 10.0 Å².